The Bertz CT molecular complexity index is 1170. The van der Waals surface area contributed by atoms with E-state index in [0.29, 0.717) is 29.0 Å². The van der Waals surface area contributed by atoms with Gasteiger partial charge in [-0.15, -0.1) is 0 Å². The van der Waals surface area contributed by atoms with Gasteiger partial charge >= 0.3 is 5.97 Å². The summed E-state index contributed by atoms with van der Waals surface area (Å²) in [4.78, 5) is 33.3. The number of nitrogens with zero attached hydrogens (tertiary/aromatic N) is 4. The van der Waals surface area contributed by atoms with Crippen molar-refractivity contribution in [1.82, 2.24) is 19.3 Å². The first-order chi connectivity index (χ1) is 13.4. The second-order valence-corrected chi connectivity index (χ2v) is 6.61. The van der Waals surface area contributed by atoms with Gasteiger partial charge in [-0.3, -0.25) is 4.79 Å². The van der Waals surface area contributed by atoms with Crippen molar-refractivity contribution in [1.29, 1.82) is 0 Å². The maximum Gasteiger partial charge on any atom is 0.356 e. The molecule has 28 heavy (non-hydrogen) atoms. The summed E-state index contributed by atoms with van der Waals surface area (Å²) in [5.74, 6) is 3.97. The van der Waals surface area contributed by atoms with Gasteiger partial charge in [-0.05, 0) is 12.1 Å². The molecule has 4 rings (SSSR count). The zero-order chi connectivity index (χ0) is 19.9. The number of aromatic nitrogens is 3. The lowest BCUT2D eigenvalue weighted by atomic mass is 10.0. The van der Waals surface area contributed by atoms with E-state index in [1.54, 1.807) is 48.1 Å². The summed E-state index contributed by atoms with van der Waals surface area (Å²) in [6, 6.07) is 6.99. The molecule has 0 unspecified atom stereocenters. The van der Waals surface area contributed by atoms with Crippen molar-refractivity contribution in [2.24, 2.45) is 0 Å². The monoisotopic (exact) mass is 376 g/mol. The van der Waals surface area contributed by atoms with Crippen LogP contribution < -0.4 is 0 Å². The molecule has 3 aromatic rings. The minimum Gasteiger partial charge on any atom is -0.476 e. The Labute approximate surface area is 160 Å². The average Bonchev–Trinajstić information content (AvgIpc) is 3.27. The molecular weight excluding hydrogens is 360 g/mol. The molecule has 8 heteroatoms. The largest absolute Gasteiger partial charge is 0.476 e. The zero-order valence-electron chi connectivity index (χ0n) is 15.0. The van der Waals surface area contributed by atoms with Gasteiger partial charge in [0.15, 0.2) is 11.3 Å². The molecule has 0 bridgehead atoms. The topological polar surface area (TPSA) is 108 Å². The number of likely N-dealkylation sites (N-methyl/N-ethyl adjacent to an activating group) is 1. The van der Waals surface area contributed by atoms with E-state index in [-0.39, 0.29) is 12.1 Å². The van der Waals surface area contributed by atoms with Gasteiger partial charge in [-0.1, -0.05) is 24.0 Å². The molecule has 1 aliphatic rings. The number of fused-ring (bicyclic) bond motifs is 1. The molecule has 1 atom stereocenters. The SMILES string of the molecule is CN1CC[C@@](O)(C#Cc2cccc(-c3nc(C(=O)O)cn4ccnc34)c2)C1=O. The molecule has 2 aromatic heterocycles. The van der Waals surface area contributed by atoms with Crippen LogP contribution in [-0.4, -0.2) is 60.6 Å². The van der Waals surface area contributed by atoms with Crippen LogP contribution in [0.5, 0.6) is 0 Å². The van der Waals surface area contributed by atoms with Crippen LogP contribution in [0.25, 0.3) is 16.9 Å². The normalized spacial score (nSPS) is 18.9. The number of hydrogen-bond donors (Lipinski definition) is 2. The summed E-state index contributed by atoms with van der Waals surface area (Å²) in [6.07, 6.45) is 4.86. The molecule has 1 aromatic carbocycles. The van der Waals surface area contributed by atoms with Crippen molar-refractivity contribution in [3.8, 4) is 23.1 Å². The van der Waals surface area contributed by atoms with Crippen LogP contribution in [0.3, 0.4) is 0 Å². The Balaban J connectivity index is 1.76. The Morgan fingerprint density at radius 3 is 2.89 bits per heavy atom. The van der Waals surface area contributed by atoms with Crippen molar-refractivity contribution in [3.05, 3.63) is 54.1 Å². The second kappa shape index (κ2) is 6.48. The predicted octanol–water partition coefficient (Wildman–Crippen LogP) is 1.04. The molecular formula is C20H16N4O4. The number of carbonyl (C=O) groups is 2. The second-order valence-electron chi connectivity index (χ2n) is 6.61. The molecule has 1 fully saturated rings. The van der Waals surface area contributed by atoms with E-state index in [9.17, 15) is 19.8 Å². The molecule has 1 saturated heterocycles. The third-order valence-corrected chi connectivity index (χ3v) is 4.65. The molecule has 0 aliphatic carbocycles. The van der Waals surface area contributed by atoms with Crippen molar-refractivity contribution >= 4 is 17.5 Å². The molecule has 140 valence electrons. The average molecular weight is 376 g/mol. The minimum absolute atomic E-state index is 0.106. The van der Waals surface area contributed by atoms with Gasteiger partial charge < -0.3 is 19.5 Å². The summed E-state index contributed by atoms with van der Waals surface area (Å²) in [5.41, 5.74) is 0.340. The van der Waals surface area contributed by atoms with Crippen molar-refractivity contribution in [3.63, 3.8) is 0 Å². The summed E-state index contributed by atoms with van der Waals surface area (Å²) in [5, 5.41) is 19.7. The summed E-state index contributed by atoms with van der Waals surface area (Å²) >= 11 is 0. The van der Waals surface area contributed by atoms with Gasteiger partial charge in [0.05, 0.1) is 0 Å². The Morgan fingerprint density at radius 2 is 2.18 bits per heavy atom. The van der Waals surface area contributed by atoms with E-state index in [1.165, 1.54) is 11.1 Å². The lowest BCUT2D eigenvalue weighted by molar-refractivity contribution is -0.137. The zero-order valence-corrected chi connectivity index (χ0v) is 15.0. The van der Waals surface area contributed by atoms with Gasteiger partial charge in [-0.2, -0.15) is 0 Å². The molecule has 2 N–H and O–H groups in total. The molecule has 1 aliphatic heterocycles. The van der Waals surface area contributed by atoms with E-state index in [4.69, 9.17) is 0 Å². The molecule has 8 nitrogen and oxygen atoms in total. The van der Waals surface area contributed by atoms with Crippen LogP contribution in [0.2, 0.25) is 0 Å². The fourth-order valence-electron chi connectivity index (χ4n) is 3.12. The van der Waals surface area contributed by atoms with Crippen LogP contribution in [0.4, 0.5) is 0 Å². The van der Waals surface area contributed by atoms with E-state index >= 15 is 0 Å². The number of aliphatic hydroxyl groups is 1. The number of benzene rings is 1. The van der Waals surface area contributed by atoms with Gasteiger partial charge in [0.1, 0.15) is 5.69 Å². The van der Waals surface area contributed by atoms with E-state index < -0.39 is 17.5 Å². The molecule has 1 amide bonds. The van der Waals surface area contributed by atoms with Gasteiger partial charge in [-0.25, -0.2) is 14.8 Å². The van der Waals surface area contributed by atoms with Crippen LogP contribution in [-0.2, 0) is 4.79 Å². The first kappa shape index (κ1) is 17.7. The molecule has 0 radical (unpaired) electrons. The van der Waals surface area contributed by atoms with Crippen LogP contribution in [0.1, 0.15) is 22.5 Å². The lowest BCUT2D eigenvalue weighted by Crippen LogP contribution is -2.37. The fourth-order valence-corrected chi connectivity index (χ4v) is 3.12. The quantitative estimate of drug-likeness (QED) is 0.647. The van der Waals surface area contributed by atoms with E-state index in [2.05, 4.69) is 21.8 Å². The highest BCUT2D eigenvalue weighted by atomic mass is 16.4. The van der Waals surface area contributed by atoms with Gasteiger partial charge in [0.25, 0.3) is 5.91 Å². The third kappa shape index (κ3) is 2.98. The maximum absolute atomic E-state index is 12.1. The Morgan fingerprint density at radius 1 is 1.36 bits per heavy atom. The lowest BCUT2D eigenvalue weighted by Gasteiger charge is -2.13. The number of carbonyl (C=O) groups excluding carboxylic acids is 1. The van der Waals surface area contributed by atoms with Crippen LogP contribution in [0, 0.1) is 11.8 Å². The predicted molar refractivity (Wildman–Crippen MR) is 99.5 cm³/mol. The minimum atomic E-state index is -1.68. The van der Waals surface area contributed by atoms with E-state index in [1.807, 2.05) is 0 Å². The molecule has 0 saturated carbocycles. The summed E-state index contributed by atoms with van der Waals surface area (Å²) < 4.78 is 1.60. The van der Waals surface area contributed by atoms with Gasteiger partial charge in [0, 0.05) is 49.7 Å². The number of carboxylic acid groups (broad SMARTS) is 1. The highest BCUT2D eigenvalue weighted by Gasteiger charge is 2.42. The first-order valence-corrected chi connectivity index (χ1v) is 8.56. The first-order valence-electron chi connectivity index (χ1n) is 8.56. The van der Waals surface area contributed by atoms with Crippen LogP contribution in [0.15, 0.2) is 42.9 Å². The fraction of sp³-hybridized carbons (Fsp3) is 0.200. The highest BCUT2D eigenvalue weighted by molar-refractivity contribution is 5.90. The number of carboxylic acids is 1. The summed E-state index contributed by atoms with van der Waals surface area (Å²) in [7, 11) is 1.62. The summed E-state index contributed by atoms with van der Waals surface area (Å²) in [6.45, 7) is 0.452. The third-order valence-electron chi connectivity index (χ3n) is 4.65. The Kier molecular flexibility index (Phi) is 4.09. The Hall–Kier alpha value is -3.70. The highest BCUT2D eigenvalue weighted by Crippen LogP contribution is 2.24. The molecule has 0 spiro atoms. The van der Waals surface area contributed by atoms with Crippen LogP contribution >= 0.6 is 0 Å². The number of imidazole rings is 1. The number of rotatable bonds is 2. The molecule has 3 heterocycles. The van der Waals surface area contributed by atoms with Crippen molar-refractivity contribution in [2.75, 3.05) is 13.6 Å². The standard InChI is InChI=1S/C20H16N4O4/c1-23-9-7-20(28,19(23)27)6-5-13-3-2-4-14(11-13)16-17-21-8-10-24(17)12-15(22-16)18(25)26/h2-4,8,10-12,28H,7,9H2,1H3,(H,25,26)/t20-/m0/s1. The van der Waals surface area contributed by atoms with E-state index in [0.717, 1.165) is 0 Å². The van der Waals surface area contributed by atoms with Gasteiger partial charge in [0.2, 0.25) is 5.60 Å². The smallest absolute Gasteiger partial charge is 0.356 e. The van der Waals surface area contributed by atoms with Crippen molar-refractivity contribution < 1.29 is 19.8 Å². The van der Waals surface area contributed by atoms with Crippen molar-refractivity contribution in [2.45, 2.75) is 12.0 Å². The number of likely N-dealkylation sites (tertiary alicyclic amines) is 1. The number of amides is 1. The number of aromatic carboxylic acids is 1. The maximum atomic E-state index is 12.1. The number of hydrogen-bond acceptors (Lipinski definition) is 5.